The number of nitrogens with one attached hydrogen (secondary N) is 2. The number of hydrazine groups is 1. The average Bonchev–Trinajstić information content (AvgIpc) is 2.85. The lowest BCUT2D eigenvalue weighted by atomic mass is 10.2. The van der Waals surface area contributed by atoms with Crippen molar-refractivity contribution in [3.8, 4) is 0 Å². The SMILES string of the molecule is Cn1cc(CCNC(=O)c2nc(NN)ccc2Cl)cn1. The van der Waals surface area contributed by atoms with Crippen molar-refractivity contribution in [1.29, 1.82) is 0 Å². The first-order valence-corrected chi connectivity index (χ1v) is 6.37. The smallest absolute Gasteiger partial charge is 0.271 e. The summed E-state index contributed by atoms with van der Waals surface area (Å²) in [5.41, 5.74) is 3.57. The van der Waals surface area contributed by atoms with Crippen molar-refractivity contribution in [3.05, 3.63) is 40.8 Å². The maximum atomic E-state index is 12.0. The van der Waals surface area contributed by atoms with E-state index in [4.69, 9.17) is 17.4 Å². The number of aryl methyl sites for hydroxylation is 1. The molecule has 0 fully saturated rings. The predicted molar refractivity (Wildman–Crippen MR) is 76.3 cm³/mol. The van der Waals surface area contributed by atoms with Crippen LogP contribution in [0.4, 0.5) is 5.82 Å². The molecular weight excluding hydrogens is 280 g/mol. The number of hydrogen-bond acceptors (Lipinski definition) is 5. The molecule has 20 heavy (non-hydrogen) atoms. The first-order chi connectivity index (χ1) is 9.60. The molecule has 0 unspecified atom stereocenters. The van der Waals surface area contributed by atoms with Crippen LogP contribution < -0.4 is 16.6 Å². The van der Waals surface area contributed by atoms with Crippen LogP contribution in [0.2, 0.25) is 5.02 Å². The molecule has 106 valence electrons. The number of anilines is 1. The number of nitrogens with two attached hydrogens (primary N) is 1. The second-order valence-corrected chi connectivity index (χ2v) is 4.61. The van der Waals surface area contributed by atoms with E-state index in [9.17, 15) is 4.79 Å². The lowest BCUT2D eigenvalue weighted by Gasteiger charge is -2.07. The zero-order chi connectivity index (χ0) is 14.5. The summed E-state index contributed by atoms with van der Waals surface area (Å²) in [7, 11) is 1.84. The van der Waals surface area contributed by atoms with Crippen LogP contribution in [-0.2, 0) is 13.5 Å². The Labute approximate surface area is 121 Å². The van der Waals surface area contributed by atoms with Crippen molar-refractivity contribution < 1.29 is 4.79 Å². The van der Waals surface area contributed by atoms with Gasteiger partial charge in [0.15, 0.2) is 0 Å². The minimum absolute atomic E-state index is 0.147. The molecule has 8 heteroatoms. The number of rotatable bonds is 5. The maximum Gasteiger partial charge on any atom is 0.271 e. The van der Waals surface area contributed by atoms with Gasteiger partial charge >= 0.3 is 0 Å². The van der Waals surface area contributed by atoms with Gasteiger partial charge in [-0.3, -0.25) is 9.48 Å². The highest BCUT2D eigenvalue weighted by atomic mass is 35.5. The molecule has 0 bridgehead atoms. The molecule has 2 aromatic rings. The summed E-state index contributed by atoms with van der Waals surface area (Å²) in [5.74, 6) is 5.30. The van der Waals surface area contributed by atoms with Crippen molar-refractivity contribution in [3.63, 3.8) is 0 Å². The number of amides is 1. The molecule has 4 N–H and O–H groups in total. The Morgan fingerprint density at radius 1 is 1.50 bits per heavy atom. The Bertz CT molecular complexity index is 612. The van der Waals surface area contributed by atoms with E-state index < -0.39 is 0 Å². The molecule has 7 nitrogen and oxygen atoms in total. The van der Waals surface area contributed by atoms with Gasteiger partial charge in [0.25, 0.3) is 5.91 Å². The Balaban J connectivity index is 1.94. The first kappa shape index (κ1) is 14.3. The van der Waals surface area contributed by atoms with Gasteiger partial charge in [-0.05, 0) is 24.1 Å². The van der Waals surface area contributed by atoms with Crippen LogP contribution in [0.3, 0.4) is 0 Å². The van der Waals surface area contributed by atoms with Crippen molar-refractivity contribution >= 4 is 23.3 Å². The standard InChI is InChI=1S/C12H15ClN6O/c1-19-7-8(6-16-19)4-5-15-12(20)11-9(13)2-3-10(17-11)18-14/h2-3,6-7H,4-5,14H2,1H3,(H,15,20)(H,17,18). The number of hydrogen-bond donors (Lipinski definition) is 3. The van der Waals surface area contributed by atoms with Gasteiger partial charge in [0.2, 0.25) is 0 Å². The molecule has 2 rings (SSSR count). The number of carbonyl (C=O) groups excluding carboxylic acids is 1. The van der Waals surface area contributed by atoms with E-state index in [-0.39, 0.29) is 16.6 Å². The normalized spacial score (nSPS) is 10.3. The van der Waals surface area contributed by atoms with E-state index in [0.717, 1.165) is 5.56 Å². The van der Waals surface area contributed by atoms with Gasteiger partial charge in [-0.1, -0.05) is 11.6 Å². The van der Waals surface area contributed by atoms with Crippen molar-refractivity contribution in [1.82, 2.24) is 20.1 Å². The summed E-state index contributed by atoms with van der Waals surface area (Å²) in [6, 6.07) is 3.16. The third-order valence-corrected chi connectivity index (χ3v) is 2.97. The number of nitrogens with zero attached hydrogens (tertiary/aromatic N) is 3. The first-order valence-electron chi connectivity index (χ1n) is 5.99. The summed E-state index contributed by atoms with van der Waals surface area (Å²) < 4.78 is 1.71. The molecule has 0 spiro atoms. The van der Waals surface area contributed by atoms with Gasteiger partial charge in [-0.25, -0.2) is 10.8 Å². The number of halogens is 1. The fourth-order valence-electron chi connectivity index (χ4n) is 1.69. The molecule has 0 aliphatic rings. The molecule has 2 heterocycles. The zero-order valence-electron chi connectivity index (χ0n) is 10.9. The van der Waals surface area contributed by atoms with Gasteiger partial charge in [0, 0.05) is 19.8 Å². The van der Waals surface area contributed by atoms with Crippen LogP contribution in [-0.4, -0.2) is 27.2 Å². The van der Waals surface area contributed by atoms with Crippen molar-refractivity contribution in [2.24, 2.45) is 12.9 Å². The summed E-state index contributed by atoms with van der Waals surface area (Å²) in [4.78, 5) is 16.0. The van der Waals surface area contributed by atoms with Gasteiger partial charge in [-0.15, -0.1) is 0 Å². The summed E-state index contributed by atoms with van der Waals surface area (Å²) in [5, 5.41) is 7.10. The largest absolute Gasteiger partial charge is 0.350 e. The van der Waals surface area contributed by atoms with E-state index in [1.165, 1.54) is 0 Å². The fourth-order valence-corrected chi connectivity index (χ4v) is 1.88. The number of carbonyl (C=O) groups is 1. The Kier molecular flexibility index (Phi) is 4.54. The van der Waals surface area contributed by atoms with Gasteiger partial charge in [-0.2, -0.15) is 5.10 Å². The quantitative estimate of drug-likeness (QED) is 0.558. The topological polar surface area (TPSA) is 97.9 Å². The minimum atomic E-state index is -0.337. The Morgan fingerprint density at radius 2 is 2.30 bits per heavy atom. The van der Waals surface area contributed by atoms with Gasteiger partial charge < -0.3 is 10.7 Å². The molecule has 0 aliphatic carbocycles. The van der Waals surface area contributed by atoms with Crippen LogP contribution in [0.15, 0.2) is 24.5 Å². The fraction of sp³-hybridized carbons (Fsp3) is 0.250. The monoisotopic (exact) mass is 294 g/mol. The number of pyridine rings is 1. The number of nitrogen functional groups attached to an aromatic ring is 1. The summed E-state index contributed by atoms with van der Waals surface area (Å²) in [6.07, 6.45) is 4.35. The van der Waals surface area contributed by atoms with E-state index in [2.05, 4.69) is 20.8 Å². The Morgan fingerprint density at radius 3 is 2.95 bits per heavy atom. The van der Waals surface area contributed by atoms with Crippen LogP contribution in [0.1, 0.15) is 16.1 Å². The predicted octanol–water partition coefficient (Wildman–Crippen LogP) is 0.727. The minimum Gasteiger partial charge on any atom is -0.350 e. The highest BCUT2D eigenvalue weighted by Gasteiger charge is 2.12. The van der Waals surface area contributed by atoms with Crippen LogP contribution in [0.25, 0.3) is 0 Å². The van der Waals surface area contributed by atoms with Crippen molar-refractivity contribution in [2.45, 2.75) is 6.42 Å². The van der Waals surface area contributed by atoms with Crippen LogP contribution in [0.5, 0.6) is 0 Å². The summed E-state index contributed by atoms with van der Waals surface area (Å²) >= 11 is 5.94. The molecule has 0 saturated carbocycles. The lowest BCUT2D eigenvalue weighted by Crippen LogP contribution is -2.27. The summed E-state index contributed by atoms with van der Waals surface area (Å²) in [6.45, 7) is 0.475. The van der Waals surface area contributed by atoms with E-state index in [0.29, 0.717) is 18.8 Å². The maximum absolute atomic E-state index is 12.0. The average molecular weight is 295 g/mol. The molecular formula is C12H15ClN6O. The third-order valence-electron chi connectivity index (χ3n) is 2.67. The molecule has 0 radical (unpaired) electrons. The molecule has 0 aliphatic heterocycles. The van der Waals surface area contributed by atoms with Crippen molar-refractivity contribution in [2.75, 3.05) is 12.0 Å². The molecule has 0 atom stereocenters. The molecule has 0 aromatic carbocycles. The Hall–Kier alpha value is -2.12. The lowest BCUT2D eigenvalue weighted by molar-refractivity contribution is 0.0949. The molecule has 0 saturated heterocycles. The zero-order valence-corrected chi connectivity index (χ0v) is 11.7. The third kappa shape index (κ3) is 3.46. The van der Waals surface area contributed by atoms with E-state index in [1.807, 2.05) is 13.2 Å². The van der Waals surface area contributed by atoms with Crippen LogP contribution >= 0.6 is 11.6 Å². The second-order valence-electron chi connectivity index (χ2n) is 4.20. The number of aromatic nitrogens is 3. The van der Waals surface area contributed by atoms with Gasteiger partial charge in [0.05, 0.1) is 11.2 Å². The molecule has 2 aromatic heterocycles. The molecule has 1 amide bonds. The highest BCUT2D eigenvalue weighted by molar-refractivity contribution is 6.33. The highest BCUT2D eigenvalue weighted by Crippen LogP contribution is 2.16. The van der Waals surface area contributed by atoms with E-state index >= 15 is 0 Å². The van der Waals surface area contributed by atoms with Crippen LogP contribution in [0, 0.1) is 0 Å². The van der Waals surface area contributed by atoms with Gasteiger partial charge in [0.1, 0.15) is 11.5 Å². The second kappa shape index (κ2) is 6.36. The van der Waals surface area contributed by atoms with E-state index in [1.54, 1.807) is 23.0 Å².